The van der Waals surface area contributed by atoms with Crippen LogP contribution in [0.1, 0.15) is 31.2 Å². The van der Waals surface area contributed by atoms with Crippen molar-refractivity contribution in [2.45, 2.75) is 37.8 Å². The van der Waals surface area contributed by atoms with E-state index in [-0.39, 0.29) is 42.3 Å². The zero-order chi connectivity index (χ0) is 19.7. The molecule has 3 atom stereocenters. The van der Waals surface area contributed by atoms with Gasteiger partial charge in [0.25, 0.3) is 0 Å². The van der Waals surface area contributed by atoms with Crippen molar-refractivity contribution >= 4 is 11.8 Å². The molecule has 4 rings (SSSR count). The maximum absolute atomic E-state index is 12.7. The smallest absolute Gasteiger partial charge is 0.226 e. The van der Waals surface area contributed by atoms with E-state index in [1.54, 1.807) is 0 Å². The van der Waals surface area contributed by atoms with Crippen molar-refractivity contribution < 1.29 is 14.7 Å². The molecule has 1 saturated carbocycles. The lowest BCUT2D eigenvalue weighted by Crippen LogP contribution is -2.68. The summed E-state index contributed by atoms with van der Waals surface area (Å²) in [6, 6.07) is 18.2. The van der Waals surface area contributed by atoms with Gasteiger partial charge in [0, 0.05) is 25.3 Å². The van der Waals surface area contributed by atoms with Crippen molar-refractivity contribution in [3.63, 3.8) is 0 Å². The summed E-state index contributed by atoms with van der Waals surface area (Å²) in [5.41, 5.74) is 3.38. The Balaban J connectivity index is 1.58. The minimum absolute atomic E-state index is 0.0179. The first-order valence-corrected chi connectivity index (χ1v) is 9.93. The Bertz CT molecular complexity index is 846. The Morgan fingerprint density at radius 1 is 1.00 bits per heavy atom. The van der Waals surface area contributed by atoms with Crippen LogP contribution in [0.25, 0.3) is 11.1 Å². The standard InChI is InChI=1S/C23H26N2O3/c1-15(27)24-13-20-22(21(14-26)25(20)23(28)19-11-12-19)18-9-7-17(8-10-18)16-5-3-2-4-6-16/h2-10,19-22,26H,11-14H2,1H3,(H,24,27)/t20-,21-,22+/m1/s1. The summed E-state index contributed by atoms with van der Waals surface area (Å²) in [6.45, 7) is 1.83. The van der Waals surface area contributed by atoms with Gasteiger partial charge in [-0.25, -0.2) is 0 Å². The fourth-order valence-electron chi connectivity index (χ4n) is 4.26. The molecule has 1 aliphatic heterocycles. The molecule has 2 amide bonds. The summed E-state index contributed by atoms with van der Waals surface area (Å²) in [5.74, 6) is 0.121. The number of aliphatic hydroxyl groups is 1. The van der Waals surface area contributed by atoms with Crippen LogP contribution in [0.5, 0.6) is 0 Å². The van der Waals surface area contributed by atoms with Crippen LogP contribution in [0, 0.1) is 5.92 Å². The molecule has 1 heterocycles. The lowest BCUT2D eigenvalue weighted by Gasteiger charge is -2.55. The van der Waals surface area contributed by atoms with Crippen molar-refractivity contribution in [2.24, 2.45) is 5.92 Å². The molecule has 2 aromatic carbocycles. The van der Waals surface area contributed by atoms with Gasteiger partial charge in [-0.1, -0.05) is 54.6 Å². The van der Waals surface area contributed by atoms with Crippen LogP contribution < -0.4 is 5.32 Å². The van der Waals surface area contributed by atoms with Gasteiger partial charge in [-0.05, 0) is 29.5 Å². The third kappa shape index (κ3) is 3.54. The second-order valence-electron chi connectivity index (χ2n) is 7.79. The van der Waals surface area contributed by atoms with Crippen LogP contribution in [0.4, 0.5) is 0 Å². The van der Waals surface area contributed by atoms with Crippen molar-refractivity contribution in [3.05, 3.63) is 60.2 Å². The summed E-state index contributed by atoms with van der Waals surface area (Å²) < 4.78 is 0. The van der Waals surface area contributed by atoms with Gasteiger partial charge in [0.15, 0.2) is 0 Å². The van der Waals surface area contributed by atoms with E-state index in [1.807, 2.05) is 23.1 Å². The number of nitrogens with zero attached hydrogens (tertiary/aromatic N) is 1. The predicted molar refractivity (Wildman–Crippen MR) is 108 cm³/mol. The molecule has 28 heavy (non-hydrogen) atoms. The fourth-order valence-corrected chi connectivity index (χ4v) is 4.26. The van der Waals surface area contributed by atoms with E-state index in [4.69, 9.17) is 0 Å². The average Bonchev–Trinajstić information content (AvgIpc) is 3.54. The quantitative estimate of drug-likeness (QED) is 0.812. The van der Waals surface area contributed by atoms with E-state index in [2.05, 4.69) is 41.7 Å². The van der Waals surface area contributed by atoms with Gasteiger partial charge in [-0.3, -0.25) is 9.59 Å². The number of aliphatic hydroxyl groups excluding tert-OH is 1. The normalized spacial score (nSPS) is 23.8. The van der Waals surface area contributed by atoms with E-state index in [0.29, 0.717) is 6.54 Å². The summed E-state index contributed by atoms with van der Waals surface area (Å²) in [4.78, 5) is 26.0. The molecule has 5 nitrogen and oxygen atoms in total. The van der Waals surface area contributed by atoms with Crippen LogP contribution in [0.15, 0.2) is 54.6 Å². The monoisotopic (exact) mass is 378 g/mol. The van der Waals surface area contributed by atoms with Crippen LogP contribution in [-0.4, -0.2) is 47.1 Å². The Hall–Kier alpha value is -2.66. The molecule has 2 aliphatic rings. The maximum atomic E-state index is 12.7. The largest absolute Gasteiger partial charge is 0.394 e. The first-order valence-electron chi connectivity index (χ1n) is 9.93. The van der Waals surface area contributed by atoms with Crippen molar-refractivity contribution in [1.29, 1.82) is 0 Å². The number of likely N-dealkylation sites (tertiary alicyclic amines) is 1. The second-order valence-corrected chi connectivity index (χ2v) is 7.79. The number of rotatable bonds is 6. The molecule has 1 saturated heterocycles. The first-order chi connectivity index (χ1) is 13.6. The van der Waals surface area contributed by atoms with Crippen LogP contribution in [0.3, 0.4) is 0 Å². The van der Waals surface area contributed by atoms with Crippen molar-refractivity contribution in [2.75, 3.05) is 13.2 Å². The molecule has 0 radical (unpaired) electrons. The second kappa shape index (κ2) is 7.76. The number of amides is 2. The lowest BCUT2D eigenvalue weighted by atomic mass is 9.74. The van der Waals surface area contributed by atoms with Gasteiger partial charge in [0.1, 0.15) is 0 Å². The molecule has 5 heteroatoms. The minimum atomic E-state index is -0.227. The van der Waals surface area contributed by atoms with Crippen molar-refractivity contribution in [1.82, 2.24) is 10.2 Å². The number of hydrogen-bond donors (Lipinski definition) is 2. The molecular formula is C23H26N2O3. The Morgan fingerprint density at radius 3 is 2.21 bits per heavy atom. The van der Waals surface area contributed by atoms with Crippen LogP contribution in [0.2, 0.25) is 0 Å². The molecule has 0 unspecified atom stereocenters. The molecule has 1 aliphatic carbocycles. The molecule has 0 bridgehead atoms. The summed E-state index contributed by atoms with van der Waals surface area (Å²) >= 11 is 0. The number of carbonyl (C=O) groups is 2. The number of nitrogens with one attached hydrogen (secondary N) is 1. The molecule has 0 aromatic heterocycles. The van der Waals surface area contributed by atoms with E-state index in [0.717, 1.165) is 29.5 Å². The molecule has 146 valence electrons. The Kier molecular flexibility index (Phi) is 5.18. The van der Waals surface area contributed by atoms with Crippen molar-refractivity contribution in [3.8, 4) is 11.1 Å². The molecule has 0 spiro atoms. The number of carbonyl (C=O) groups excluding carboxylic acids is 2. The predicted octanol–water partition coefficient (Wildman–Crippen LogP) is 2.56. The van der Waals surface area contributed by atoms with Gasteiger partial charge in [-0.15, -0.1) is 0 Å². The third-order valence-corrected chi connectivity index (χ3v) is 5.87. The highest BCUT2D eigenvalue weighted by atomic mass is 16.3. The maximum Gasteiger partial charge on any atom is 0.226 e. The zero-order valence-electron chi connectivity index (χ0n) is 16.0. The van der Waals surface area contributed by atoms with Gasteiger partial charge < -0.3 is 15.3 Å². The van der Waals surface area contributed by atoms with Gasteiger partial charge in [0.2, 0.25) is 11.8 Å². The number of benzene rings is 2. The van der Waals surface area contributed by atoms with Gasteiger partial charge >= 0.3 is 0 Å². The lowest BCUT2D eigenvalue weighted by molar-refractivity contribution is -0.152. The van der Waals surface area contributed by atoms with Gasteiger partial charge in [0.05, 0.1) is 18.7 Å². The highest BCUT2D eigenvalue weighted by Crippen LogP contribution is 2.44. The van der Waals surface area contributed by atoms with Crippen LogP contribution >= 0.6 is 0 Å². The van der Waals surface area contributed by atoms with Crippen LogP contribution in [-0.2, 0) is 9.59 Å². The first kappa shape index (κ1) is 18.7. The Labute approximate surface area is 165 Å². The molecule has 2 N–H and O–H groups in total. The topological polar surface area (TPSA) is 69.6 Å². The van der Waals surface area contributed by atoms with E-state index < -0.39 is 0 Å². The highest BCUT2D eigenvalue weighted by Gasteiger charge is 2.53. The fraction of sp³-hybridized carbons (Fsp3) is 0.391. The number of hydrogen-bond acceptors (Lipinski definition) is 3. The molecular weight excluding hydrogens is 352 g/mol. The van der Waals surface area contributed by atoms with E-state index in [1.165, 1.54) is 6.92 Å². The third-order valence-electron chi connectivity index (χ3n) is 5.87. The summed E-state index contributed by atoms with van der Waals surface area (Å²) in [5, 5.41) is 12.8. The molecule has 2 aromatic rings. The zero-order valence-corrected chi connectivity index (χ0v) is 16.0. The van der Waals surface area contributed by atoms with E-state index >= 15 is 0 Å². The minimum Gasteiger partial charge on any atom is -0.394 e. The summed E-state index contributed by atoms with van der Waals surface area (Å²) in [6.07, 6.45) is 1.85. The van der Waals surface area contributed by atoms with Gasteiger partial charge in [-0.2, -0.15) is 0 Å². The molecule has 2 fully saturated rings. The summed E-state index contributed by atoms with van der Waals surface area (Å²) in [7, 11) is 0. The average molecular weight is 378 g/mol. The highest BCUT2D eigenvalue weighted by molar-refractivity contribution is 5.83. The Morgan fingerprint density at radius 2 is 1.64 bits per heavy atom. The SMILES string of the molecule is CC(=O)NC[C@@H]1[C@H](c2ccc(-c3ccccc3)cc2)[C@@H](CO)N1C(=O)C1CC1. The van der Waals surface area contributed by atoms with E-state index in [9.17, 15) is 14.7 Å².